The Balaban J connectivity index is 1.94. The van der Waals surface area contributed by atoms with E-state index in [0.29, 0.717) is 0 Å². The van der Waals surface area contributed by atoms with E-state index in [1.807, 2.05) is 0 Å². The number of aromatic carboxylic acids is 2. The Bertz CT molecular complexity index is 1530. The molecule has 0 spiro atoms. The summed E-state index contributed by atoms with van der Waals surface area (Å²) in [5.41, 5.74) is -1.28. The molecule has 1 atom stereocenters. The lowest BCUT2D eigenvalue weighted by atomic mass is 10.1. The number of anilines is 2. The van der Waals surface area contributed by atoms with Gasteiger partial charge in [0.1, 0.15) is 10.6 Å². The molecule has 1 amide bonds. The van der Waals surface area contributed by atoms with Gasteiger partial charge in [0.15, 0.2) is 23.3 Å². The van der Waals surface area contributed by atoms with Crippen LogP contribution in [0.2, 0.25) is 0 Å². The number of carboxylic acid groups (broad SMARTS) is 2. The lowest BCUT2D eigenvalue weighted by Crippen LogP contribution is -2.44. The number of amides is 1. The first-order chi connectivity index (χ1) is 17.1. The number of nitrogens with zero attached hydrogens (tertiary/aromatic N) is 4. The molecule has 36 heavy (non-hydrogen) atoms. The van der Waals surface area contributed by atoms with Crippen molar-refractivity contribution in [3.05, 3.63) is 66.2 Å². The summed E-state index contributed by atoms with van der Waals surface area (Å²) >= 11 is 0. The Morgan fingerprint density at radius 2 is 1.69 bits per heavy atom. The number of carboxylic acids is 2. The molecule has 0 fully saturated rings. The Morgan fingerprint density at radius 1 is 1.03 bits per heavy atom. The third-order valence-corrected chi connectivity index (χ3v) is 6.73. The summed E-state index contributed by atoms with van der Waals surface area (Å²) < 4.78 is 35.8. The van der Waals surface area contributed by atoms with E-state index in [4.69, 9.17) is 4.74 Å². The number of aromatic nitrogens is 2. The molecule has 2 heterocycles. The first kappa shape index (κ1) is 24.4. The SMILES string of the molecule is COc1ccccc1NC(=O)C(C1=NS(=O)(=O)c2ccccc2N1C)n1cnc(C(=O)O)c1C(=O)O. The number of nitrogens with one attached hydrogen (secondary N) is 1. The fourth-order valence-corrected chi connectivity index (χ4v) is 5.07. The zero-order valence-electron chi connectivity index (χ0n) is 18.8. The molecule has 1 aliphatic rings. The Kier molecular flexibility index (Phi) is 6.20. The Hall–Kier alpha value is -4.72. The maximum atomic E-state index is 13.6. The zero-order valence-corrected chi connectivity index (χ0v) is 19.6. The summed E-state index contributed by atoms with van der Waals surface area (Å²) in [5.74, 6) is -4.36. The fourth-order valence-electron chi connectivity index (χ4n) is 3.78. The second-order valence-electron chi connectivity index (χ2n) is 7.50. The second-order valence-corrected chi connectivity index (χ2v) is 9.08. The van der Waals surface area contributed by atoms with Crippen molar-refractivity contribution in [1.29, 1.82) is 0 Å². The van der Waals surface area contributed by atoms with Crippen molar-refractivity contribution in [1.82, 2.24) is 9.55 Å². The molecule has 4 rings (SSSR count). The highest BCUT2D eigenvalue weighted by Crippen LogP contribution is 2.34. The molecule has 0 saturated carbocycles. The van der Waals surface area contributed by atoms with E-state index in [-0.39, 0.29) is 27.9 Å². The second kappa shape index (κ2) is 9.14. The van der Waals surface area contributed by atoms with Gasteiger partial charge in [-0.1, -0.05) is 24.3 Å². The van der Waals surface area contributed by atoms with Gasteiger partial charge in [0.05, 0.1) is 24.8 Å². The maximum Gasteiger partial charge on any atom is 0.357 e. The summed E-state index contributed by atoms with van der Waals surface area (Å²) in [5, 5.41) is 21.8. The molecule has 0 aliphatic carbocycles. The maximum absolute atomic E-state index is 13.6. The van der Waals surface area contributed by atoms with Crippen molar-refractivity contribution in [2.75, 3.05) is 24.4 Å². The Labute approximate surface area is 204 Å². The monoisotopic (exact) mass is 513 g/mol. The third-order valence-electron chi connectivity index (χ3n) is 5.40. The van der Waals surface area contributed by atoms with Crippen LogP contribution in [-0.4, -0.2) is 66.0 Å². The predicted molar refractivity (Wildman–Crippen MR) is 126 cm³/mol. The van der Waals surface area contributed by atoms with Gasteiger partial charge in [-0.25, -0.2) is 14.6 Å². The first-order valence-corrected chi connectivity index (χ1v) is 11.7. The van der Waals surface area contributed by atoms with Gasteiger partial charge >= 0.3 is 11.9 Å². The van der Waals surface area contributed by atoms with Crippen molar-refractivity contribution in [3.63, 3.8) is 0 Å². The van der Waals surface area contributed by atoms with Crippen molar-refractivity contribution >= 4 is 45.1 Å². The van der Waals surface area contributed by atoms with E-state index in [1.165, 1.54) is 43.3 Å². The standard InChI is InChI=1S/C22H19N5O8S/c1-26-13-8-4-6-10-15(13)36(33,34)25-19(26)18(20(28)24-12-7-3-5-9-14(12)35-2)27-11-23-16(21(29)30)17(27)22(31)32/h3-11,18H,1-2H3,(H,24,28)(H,29,30)(H,31,32). The molecule has 0 bridgehead atoms. The molecule has 2 aromatic carbocycles. The number of fused-ring (bicyclic) bond motifs is 1. The lowest BCUT2D eigenvalue weighted by molar-refractivity contribution is -0.117. The summed E-state index contributed by atoms with van der Waals surface area (Å²) in [7, 11) is -1.47. The number of para-hydroxylation sites is 3. The quantitative estimate of drug-likeness (QED) is 0.421. The topological polar surface area (TPSA) is 180 Å². The average Bonchev–Trinajstić information content (AvgIpc) is 3.28. The molecule has 1 aliphatic heterocycles. The first-order valence-electron chi connectivity index (χ1n) is 10.2. The molecule has 1 unspecified atom stereocenters. The molecule has 3 N–H and O–H groups in total. The van der Waals surface area contributed by atoms with Gasteiger partial charge in [-0.05, 0) is 24.3 Å². The molecule has 0 radical (unpaired) electrons. The van der Waals surface area contributed by atoms with Crippen LogP contribution in [0.15, 0.2) is 64.2 Å². The van der Waals surface area contributed by atoms with Crippen molar-refractivity contribution in [2.24, 2.45) is 4.40 Å². The van der Waals surface area contributed by atoms with Crippen LogP contribution < -0.4 is 15.0 Å². The van der Waals surface area contributed by atoms with Gasteiger partial charge in [0.2, 0.25) is 0 Å². The van der Waals surface area contributed by atoms with Crippen LogP contribution in [-0.2, 0) is 14.8 Å². The third kappa shape index (κ3) is 4.13. The van der Waals surface area contributed by atoms with Crippen LogP contribution in [0.25, 0.3) is 0 Å². The number of sulfonamides is 1. The van der Waals surface area contributed by atoms with Crippen molar-refractivity contribution in [2.45, 2.75) is 10.9 Å². The number of hydrogen-bond donors (Lipinski definition) is 3. The molecule has 0 saturated heterocycles. The number of ether oxygens (including phenoxy) is 1. The van der Waals surface area contributed by atoms with Gasteiger partial charge in [-0.3, -0.25) is 4.79 Å². The van der Waals surface area contributed by atoms with Crippen molar-refractivity contribution in [3.8, 4) is 5.75 Å². The average molecular weight is 513 g/mol. The van der Waals surface area contributed by atoms with E-state index >= 15 is 0 Å². The lowest BCUT2D eigenvalue weighted by Gasteiger charge is -2.32. The minimum atomic E-state index is -4.29. The van der Waals surface area contributed by atoms with Crippen molar-refractivity contribution < 1.29 is 37.8 Å². The highest BCUT2D eigenvalue weighted by molar-refractivity contribution is 7.90. The number of carbonyl (C=O) groups is 3. The number of amidine groups is 1. The number of benzene rings is 2. The molecule has 186 valence electrons. The minimum absolute atomic E-state index is 0.115. The van der Waals surface area contributed by atoms with Gasteiger partial charge < -0.3 is 29.7 Å². The van der Waals surface area contributed by atoms with E-state index in [1.54, 1.807) is 24.3 Å². The minimum Gasteiger partial charge on any atom is -0.495 e. The van der Waals surface area contributed by atoms with Crippen LogP contribution in [0, 0.1) is 0 Å². The predicted octanol–water partition coefficient (Wildman–Crippen LogP) is 1.71. The molecular formula is C22H19N5O8S. The summed E-state index contributed by atoms with van der Waals surface area (Å²) in [6.07, 6.45) is 0.836. The largest absolute Gasteiger partial charge is 0.495 e. The van der Waals surface area contributed by atoms with Gasteiger partial charge in [0.25, 0.3) is 15.9 Å². The van der Waals surface area contributed by atoms with Gasteiger partial charge in [-0.15, -0.1) is 4.40 Å². The van der Waals surface area contributed by atoms with Gasteiger partial charge in [-0.2, -0.15) is 8.42 Å². The molecule has 3 aromatic rings. The number of likely N-dealkylation sites (N-methyl/N-ethyl adjacent to an activating group) is 1. The number of carbonyl (C=O) groups excluding carboxylic acids is 1. The normalized spacial score (nSPS) is 14.8. The summed E-state index contributed by atoms with van der Waals surface area (Å²) in [6.45, 7) is 0. The molecule has 14 heteroatoms. The molecule has 13 nitrogen and oxygen atoms in total. The Morgan fingerprint density at radius 3 is 2.36 bits per heavy atom. The number of hydrogen-bond acceptors (Lipinski definition) is 8. The van der Waals surface area contributed by atoms with Crippen LogP contribution in [0.4, 0.5) is 11.4 Å². The summed E-state index contributed by atoms with van der Waals surface area (Å²) in [4.78, 5) is 42.1. The highest BCUT2D eigenvalue weighted by Gasteiger charge is 2.40. The number of rotatable bonds is 7. The molecular weight excluding hydrogens is 494 g/mol. The van der Waals surface area contributed by atoms with Crippen LogP contribution >= 0.6 is 0 Å². The zero-order chi connectivity index (χ0) is 26.2. The van der Waals surface area contributed by atoms with Gasteiger partial charge in [0, 0.05) is 7.05 Å². The van der Waals surface area contributed by atoms with E-state index in [9.17, 15) is 33.0 Å². The number of imidazole rings is 1. The van der Waals surface area contributed by atoms with E-state index in [0.717, 1.165) is 10.9 Å². The molecule has 1 aromatic heterocycles. The van der Waals surface area contributed by atoms with Crippen LogP contribution in [0.1, 0.15) is 27.0 Å². The number of methoxy groups -OCH3 is 1. The highest BCUT2D eigenvalue weighted by atomic mass is 32.2. The summed E-state index contributed by atoms with van der Waals surface area (Å²) in [6, 6.07) is 10.5. The van der Waals surface area contributed by atoms with Crippen LogP contribution in [0.5, 0.6) is 5.75 Å². The fraction of sp³-hybridized carbons (Fsp3) is 0.136. The van der Waals surface area contributed by atoms with Crippen LogP contribution in [0.3, 0.4) is 0 Å². The van der Waals surface area contributed by atoms with E-state index in [2.05, 4.69) is 14.7 Å². The smallest absolute Gasteiger partial charge is 0.357 e. The van der Waals surface area contributed by atoms with E-state index < -0.39 is 45.3 Å².